The van der Waals surface area contributed by atoms with Crippen LogP contribution in [0.3, 0.4) is 0 Å². The van der Waals surface area contributed by atoms with Crippen LogP contribution in [0, 0.1) is 0 Å². The summed E-state index contributed by atoms with van der Waals surface area (Å²) in [7, 11) is 0. The van der Waals surface area contributed by atoms with Crippen molar-refractivity contribution in [2.24, 2.45) is 0 Å². The quantitative estimate of drug-likeness (QED) is 0.600. The molecule has 0 spiro atoms. The molecule has 2 atom stereocenters. The molecule has 0 aliphatic carbocycles. The monoisotopic (exact) mass is 171 g/mol. The van der Waals surface area contributed by atoms with E-state index in [1.165, 1.54) is 0 Å². The molecule has 0 aromatic rings. The highest BCUT2D eigenvalue weighted by Crippen LogP contribution is 2.16. The number of rotatable bonds is 1. The van der Waals surface area contributed by atoms with Crippen LogP contribution in [0.1, 0.15) is 34.1 Å². The molecule has 0 radical (unpaired) electrons. The minimum atomic E-state index is -0.364. The summed E-state index contributed by atoms with van der Waals surface area (Å²) < 4.78 is 5.19. The van der Waals surface area contributed by atoms with E-state index in [0.717, 1.165) is 6.42 Å². The summed E-state index contributed by atoms with van der Waals surface area (Å²) in [6.07, 6.45) is 0.898. The van der Waals surface area contributed by atoms with Gasteiger partial charge in [-0.25, -0.2) is 0 Å². The van der Waals surface area contributed by atoms with Crippen LogP contribution >= 0.6 is 0 Å². The zero-order valence-electron chi connectivity index (χ0n) is 8.18. The molecule has 0 aromatic heterocycles. The minimum absolute atomic E-state index is 0.0702. The zero-order chi connectivity index (χ0) is 9.35. The lowest BCUT2D eigenvalue weighted by molar-refractivity contribution is -0.160. The number of hydrogen-bond donors (Lipinski definition) is 1. The summed E-state index contributed by atoms with van der Waals surface area (Å²) in [5.41, 5.74) is -0.364. The van der Waals surface area contributed by atoms with Crippen LogP contribution in [0.4, 0.5) is 0 Å². The maximum atomic E-state index is 11.3. The Balaban J connectivity index is 2.30. The Hall–Kier alpha value is -0.570. The third-order valence-electron chi connectivity index (χ3n) is 1.77. The first-order valence-corrected chi connectivity index (χ1v) is 4.37. The Kier molecular flexibility index (Phi) is 2.42. The van der Waals surface area contributed by atoms with E-state index < -0.39 is 0 Å². The number of hydrogen-bond acceptors (Lipinski definition) is 3. The number of esters is 1. The molecule has 70 valence electrons. The Bertz CT molecular complexity index is 177. The predicted octanol–water partition coefficient (Wildman–Crippen LogP) is 1.08. The van der Waals surface area contributed by atoms with E-state index in [4.69, 9.17) is 4.74 Å². The Labute approximate surface area is 73.5 Å². The van der Waals surface area contributed by atoms with Gasteiger partial charge in [-0.05, 0) is 34.1 Å². The Morgan fingerprint density at radius 2 is 2.00 bits per heavy atom. The zero-order valence-corrected chi connectivity index (χ0v) is 8.18. The summed E-state index contributed by atoms with van der Waals surface area (Å²) in [6.45, 7) is 7.70. The number of carbonyl (C=O) groups is 1. The first kappa shape index (κ1) is 9.52. The number of nitrogens with one attached hydrogen (secondary N) is 1. The van der Waals surface area contributed by atoms with Gasteiger partial charge in [-0.15, -0.1) is 0 Å². The fourth-order valence-corrected chi connectivity index (χ4v) is 1.21. The van der Waals surface area contributed by atoms with Crippen LogP contribution in [0.15, 0.2) is 0 Å². The van der Waals surface area contributed by atoms with Gasteiger partial charge in [0.2, 0.25) is 0 Å². The second-order valence-corrected chi connectivity index (χ2v) is 4.39. The molecule has 1 N–H and O–H groups in total. The van der Waals surface area contributed by atoms with Crippen molar-refractivity contribution in [3.8, 4) is 0 Å². The third-order valence-corrected chi connectivity index (χ3v) is 1.77. The second kappa shape index (κ2) is 3.05. The molecule has 1 heterocycles. The third kappa shape index (κ3) is 2.48. The standard InChI is InChI=1S/C9H17NO2/c1-6-5-7(10-6)8(11)12-9(2,3)4/h6-7,10H,5H2,1-4H3/t6-,7-/m1/s1. The highest BCUT2D eigenvalue weighted by Gasteiger charge is 2.33. The van der Waals surface area contributed by atoms with E-state index in [9.17, 15) is 4.79 Å². The van der Waals surface area contributed by atoms with Gasteiger partial charge < -0.3 is 10.1 Å². The van der Waals surface area contributed by atoms with E-state index in [0.29, 0.717) is 6.04 Å². The summed E-state index contributed by atoms with van der Waals surface area (Å²) in [4.78, 5) is 11.3. The molecule has 1 rings (SSSR count). The summed E-state index contributed by atoms with van der Waals surface area (Å²) in [6, 6.07) is 0.391. The fourth-order valence-electron chi connectivity index (χ4n) is 1.21. The molecule has 1 aliphatic rings. The smallest absolute Gasteiger partial charge is 0.323 e. The van der Waals surface area contributed by atoms with Crippen molar-refractivity contribution in [3.05, 3.63) is 0 Å². The highest BCUT2D eigenvalue weighted by molar-refractivity contribution is 5.77. The van der Waals surface area contributed by atoms with E-state index in [-0.39, 0.29) is 17.6 Å². The predicted molar refractivity (Wildman–Crippen MR) is 46.8 cm³/mol. The average molecular weight is 171 g/mol. The molecule has 0 bridgehead atoms. The van der Waals surface area contributed by atoms with Gasteiger partial charge in [0.05, 0.1) is 0 Å². The van der Waals surface area contributed by atoms with Crippen molar-refractivity contribution < 1.29 is 9.53 Å². The van der Waals surface area contributed by atoms with Gasteiger partial charge in [-0.3, -0.25) is 4.79 Å². The van der Waals surface area contributed by atoms with Crippen LogP contribution in [0.25, 0.3) is 0 Å². The maximum absolute atomic E-state index is 11.3. The van der Waals surface area contributed by atoms with E-state index in [1.54, 1.807) is 0 Å². The number of ether oxygens (including phenoxy) is 1. The lowest BCUT2D eigenvalue weighted by Gasteiger charge is -2.34. The van der Waals surface area contributed by atoms with Crippen molar-refractivity contribution in [1.29, 1.82) is 0 Å². The van der Waals surface area contributed by atoms with E-state index >= 15 is 0 Å². The molecule has 1 aliphatic heterocycles. The summed E-state index contributed by atoms with van der Waals surface area (Å²) >= 11 is 0. The fraction of sp³-hybridized carbons (Fsp3) is 0.889. The lowest BCUT2D eigenvalue weighted by Crippen LogP contribution is -2.56. The lowest BCUT2D eigenvalue weighted by atomic mass is 9.99. The molecule has 12 heavy (non-hydrogen) atoms. The maximum Gasteiger partial charge on any atom is 0.323 e. The molecule has 0 saturated carbocycles. The van der Waals surface area contributed by atoms with Crippen LogP contribution in [-0.2, 0) is 9.53 Å². The highest BCUT2D eigenvalue weighted by atomic mass is 16.6. The summed E-state index contributed by atoms with van der Waals surface area (Å²) in [5.74, 6) is -0.124. The largest absolute Gasteiger partial charge is 0.459 e. The van der Waals surface area contributed by atoms with Crippen molar-refractivity contribution in [3.63, 3.8) is 0 Å². The topological polar surface area (TPSA) is 38.3 Å². The average Bonchev–Trinajstić information content (AvgIpc) is 1.76. The van der Waals surface area contributed by atoms with Gasteiger partial charge in [-0.2, -0.15) is 0 Å². The van der Waals surface area contributed by atoms with Crippen molar-refractivity contribution in [2.75, 3.05) is 0 Å². The van der Waals surface area contributed by atoms with Gasteiger partial charge in [0.15, 0.2) is 0 Å². The Morgan fingerprint density at radius 3 is 2.33 bits per heavy atom. The van der Waals surface area contributed by atoms with Crippen molar-refractivity contribution in [2.45, 2.75) is 51.8 Å². The molecule has 1 fully saturated rings. The Morgan fingerprint density at radius 1 is 1.50 bits per heavy atom. The van der Waals surface area contributed by atoms with Gasteiger partial charge in [0.25, 0.3) is 0 Å². The van der Waals surface area contributed by atoms with Gasteiger partial charge >= 0.3 is 5.97 Å². The SMILES string of the molecule is C[C@@H]1C[C@H](C(=O)OC(C)(C)C)N1. The molecule has 3 heteroatoms. The van der Waals surface area contributed by atoms with Crippen molar-refractivity contribution in [1.82, 2.24) is 5.32 Å². The molecule has 0 aromatic carbocycles. The normalized spacial score (nSPS) is 29.3. The molecule has 3 nitrogen and oxygen atoms in total. The van der Waals surface area contributed by atoms with Crippen LogP contribution in [-0.4, -0.2) is 23.7 Å². The molecule has 1 saturated heterocycles. The molecule has 0 unspecified atom stereocenters. The van der Waals surface area contributed by atoms with Gasteiger partial charge in [0.1, 0.15) is 11.6 Å². The van der Waals surface area contributed by atoms with Crippen LogP contribution < -0.4 is 5.32 Å². The summed E-state index contributed by atoms with van der Waals surface area (Å²) in [5, 5.41) is 3.09. The van der Waals surface area contributed by atoms with E-state index in [2.05, 4.69) is 12.2 Å². The molecular weight excluding hydrogens is 154 g/mol. The molecular formula is C9H17NO2. The van der Waals surface area contributed by atoms with Crippen LogP contribution in [0.2, 0.25) is 0 Å². The van der Waals surface area contributed by atoms with Gasteiger partial charge in [0, 0.05) is 6.04 Å². The van der Waals surface area contributed by atoms with E-state index in [1.807, 2.05) is 20.8 Å². The van der Waals surface area contributed by atoms with Crippen molar-refractivity contribution >= 4 is 5.97 Å². The number of carbonyl (C=O) groups excluding carboxylic acids is 1. The second-order valence-electron chi connectivity index (χ2n) is 4.39. The van der Waals surface area contributed by atoms with Gasteiger partial charge in [-0.1, -0.05) is 0 Å². The molecule has 0 amide bonds. The van der Waals surface area contributed by atoms with Crippen LogP contribution in [0.5, 0.6) is 0 Å². The first-order chi connectivity index (χ1) is 5.38. The first-order valence-electron chi connectivity index (χ1n) is 4.37. The minimum Gasteiger partial charge on any atom is -0.459 e.